The van der Waals surface area contributed by atoms with Gasteiger partial charge in [-0.25, -0.2) is 0 Å². The molecule has 1 N–H and O–H groups in total. The van der Waals surface area contributed by atoms with Gasteiger partial charge in [-0.15, -0.1) is 0 Å². The Morgan fingerprint density at radius 3 is 2.71 bits per heavy atom. The van der Waals surface area contributed by atoms with Gasteiger partial charge in [0.1, 0.15) is 5.75 Å². The molecule has 17 heavy (non-hydrogen) atoms. The summed E-state index contributed by atoms with van der Waals surface area (Å²) in [5.41, 5.74) is 0.724. The second kappa shape index (κ2) is 5.07. The van der Waals surface area contributed by atoms with E-state index < -0.39 is 0 Å². The van der Waals surface area contributed by atoms with E-state index in [9.17, 15) is 5.11 Å². The average molecular weight is 236 g/mol. The first-order valence-electron chi connectivity index (χ1n) is 6.19. The van der Waals surface area contributed by atoms with E-state index in [4.69, 9.17) is 9.47 Å². The molecule has 2 atom stereocenters. The van der Waals surface area contributed by atoms with Crippen LogP contribution >= 0.6 is 0 Å². The van der Waals surface area contributed by atoms with Gasteiger partial charge in [-0.2, -0.15) is 0 Å². The smallest absolute Gasteiger partial charge is 0.119 e. The zero-order valence-corrected chi connectivity index (χ0v) is 10.5. The molecule has 1 heterocycles. The number of hydrogen-bond donors (Lipinski definition) is 1. The molecular formula is C14H20O3. The molecule has 1 aromatic carbocycles. The molecule has 94 valence electrons. The molecule has 1 aliphatic heterocycles. The van der Waals surface area contributed by atoms with E-state index >= 15 is 0 Å². The van der Waals surface area contributed by atoms with E-state index in [0.29, 0.717) is 19.6 Å². The van der Waals surface area contributed by atoms with Crippen molar-refractivity contribution in [2.75, 3.05) is 13.2 Å². The van der Waals surface area contributed by atoms with Gasteiger partial charge in [-0.3, -0.25) is 0 Å². The molecule has 1 fully saturated rings. The molecule has 0 saturated carbocycles. The Balaban J connectivity index is 2.15. The van der Waals surface area contributed by atoms with Crippen LogP contribution < -0.4 is 4.74 Å². The maximum Gasteiger partial charge on any atom is 0.119 e. The predicted molar refractivity (Wildman–Crippen MR) is 66.2 cm³/mol. The van der Waals surface area contributed by atoms with Crippen LogP contribution in [0.15, 0.2) is 24.3 Å². The molecule has 1 aliphatic rings. The minimum atomic E-state index is -0.373. The van der Waals surface area contributed by atoms with Crippen molar-refractivity contribution in [3.8, 4) is 5.75 Å². The second-order valence-electron chi connectivity index (χ2n) is 4.68. The van der Waals surface area contributed by atoms with Crippen molar-refractivity contribution in [2.45, 2.75) is 38.4 Å². The molecule has 0 aromatic heterocycles. The third-order valence-electron chi connectivity index (χ3n) is 3.27. The molecule has 0 amide bonds. The minimum Gasteiger partial charge on any atom is -0.494 e. The largest absolute Gasteiger partial charge is 0.494 e. The lowest BCUT2D eigenvalue weighted by molar-refractivity contribution is -0.112. The SMILES string of the molecule is CCOc1ccc(C2(C)CC(O)CCO2)cc1. The first-order chi connectivity index (χ1) is 8.14. The molecule has 1 aromatic rings. The Bertz CT molecular complexity index is 360. The van der Waals surface area contributed by atoms with E-state index in [1.807, 2.05) is 38.1 Å². The molecule has 2 rings (SSSR count). The molecule has 0 radical (unpaired) electrons. The molecule has 3 heteroatoms. The van der Waals surface area contributed by atoms with Gasteiger partial charge >= 0.3 is 0 Å². The molecule has 3 nitrogen and oxygen atoms in total. The van der Waals surface area contributed by atoms with E-state index in [0.717, 1.165) is 17.7 Å². The van der Waals surface area contributed by atoms with Crippen molar-refractivity contribution < 1.29 is 14.6 Å². The normalized spacial score (nSPS) is 29.0. The van der Waals surface area contributed by atoms with Gasteiger partial charge in [0.05, 0.1) is 24.9 Å². The van der Waals surface area contributed by atoms with Crippen molar-refractivity contribution >= 4 is 0 Å². The summed E-state index contributed by atoms with van der Waals surface area (Å²) >= 11 is 0. The van der Waals surface area contributed by atoms with Crippen LogP contribution in [0.2, 0.25) is 0 Å². The number of benzene rings is 1. The molecule has 0 aliphatic carbocycles. The molecule has 1 saturated heterocycles. The molecule has 0 bridgehead atoms. The quantitative estimate of drug-likeness (QED) is 0.876. The third-order valence-corrected chi connectivity index (χ3v) is 3.27. The fraction of sp³-hybridized carbons (Fsp3) is 0.571. The van der Waals surface area contributed by atoms with E-state index in [1.165, 1.54) is 0 Å². The van der Waals surface area contributed by atoms with E-state index in [1.54, 1.807) is 0 Å². The highest BCUT2D eigenvalue weighted by atomic mass is 16.5. The van der Waals surface area contributed by atoms with Gasteiger partial charge in [0, 0.05) is 6.42 Å². The Morgan fingerprint density at radius 2 is 2.12 bits per heavy atom. The van der Waals surface area contributed by atoms with Crippen LogP contribution in [0.1, 0.15) is 32.3 Å². The number of rotatable bonds is 3. The van der Waals surface area contributed by atoms with Gasteiger partial charge in [0.2, 0.25) is 0 Å². The van der Waals surface area contributed by atoms with Crippen LogP contribution in [-0.4, -0.2) is 24.4 Å². The van der Waals surface area contributed by atoms with E-state index in [2.05, 4.69) is 0 Å². The lowest BCUT2D eigenvalue weighted by Gasteiger charge is -2.36. The lowest BCUT2D eigenvalue weighted by atomic mass is 9.87. The van der Waals surface area contributed by atoms with Gasteiger partial charge in [-0.1, -0.05) is 12.1 Å². The monoisotopic (exact) mass is 236 g/mol. The topological polar surface area (TPSA) is 38.7 Å². The summed E-state index contributed by atoms with van der Waals surface area (Å²) in [6.45, 7) is 5.29. The lowest BCUT2D eigenvalue weighted by Crippen LogP contribution is -2.36. The zero-order valence-electron chi connectivity index (χ0n) is 10.5. The number of aliphatic hydroxyl groups is 1. The minimum absolute atomic E-state index is 0.264. The maximum absolute atomic E-state index is 9.74. The fourth-order valence-electron chi connectivity index (χ4n) is 2.30. The third kappa shape index (κ3) is 2.79. The maximum atomic E-state index is 9.74. The average Bonchev–Trinajstić information content (AvgIpc) is 2.30. The van der Waals surface area contributed by atoms with Crippen molar-refractivity contribution in [1.29, 1.82) is 0 Å². The molecule has 0 spiro atoms. The summed E-state index contributed by atoms with van der Waals surface area (Å²) in [4.78, 5) is 0. The van der Waals surface area contributed by atoms with Gasteiger partial charge in [0.15, 0.2) is 0 Å². The molecular weight excluding hydrogens is 216 g/mol. The van der Waals surface area contributed by atoms with Crippen LogP contribution in [0.4, 0.5) is 0 Å². The summed E-state index contributed by atoms with van der Waals surface area (Å²) < 4.78 is 11.2. The van der Waals surface area contributed by atoms with Crippen LogP contribution in [0, 0.1) is 0 Å². The van der Waals surface area contributed by atoms with Crippen molar-refractivity contribution in [2.24, 2.45) is 0 Å². The second-order valence-corrected chi connectivity index (χ2v) is 4.68. The van der Waals surface area contributed by atoms with Gasteiger partial charge in [0.25, 0.3) is 0 Å². The Labute approximate surface area is 102 Å². The highest BCUT2D eigenvalue weighted by Crippen LogP contribution is 2.35. The Hall–Kier alpha value is -1.06. The Morgan fingerprint density at radius 1 is 1.41 bits per heavy atom. The standard InChI is InChI=1S/C14H20O3/c1-3-16-13-6-4-11(5-7-13)14(2)10-12(15)8-9-17-14/h4-7,12,15H,3,8-10H2,1-2H3. The van der Waals surface area contributed by atoms with E-state index in [-0.39, 0.29) is 11.7 Å². The summed E-state index contributed by atoms with van der Waals surface area (Å²) in [6, 6.07) is 7.94. The first kappa shape index (κ1) is 12.4. The van der Waals surface area contributed by atoms with Gasteiger partial charge < -0.3 is 14.6 Å². The fourth-order valence-corrected chi connectivity index (χ4v) is 2.30. The number of hydrogen-bond acceptors (Lipinski definition) is 3. The zero-order chi connectivity index (χ0) is 12.3. The van der Waals surface area contributed by atoms with Crippen molar-refractivity contribution in [3.63, 3.8) is 0 Å². The summed E-state index contributed by atoms with van der Waals surface area (Å²) in [7, 11) is 0. The van der Waals surface area contributed by atoms with Crippen LogP contribution in [0.3, 0.4) is 0 Å². The number of aliphatic hydroxyl groups excluding tert-OH is 1. The van der Waals surface area contributed by atoms with Crippen molar-refractivity contribution in [1.82, 2.24) is 0 Å². The summed E-state index contributed by atoms with van der Waals surface area (Å²) in [5.74, 6) is 0.871. The highest BCUT2D eigenvalue weighted by Gasteiger charge is 2.34. The van der Waals surface area contributed by atoms with Crippen LogP contribution in [0.5, 0.6) is 5.75 Å². The summed E-state index contributed by atoms with van der Waals surface area (Å²) in [5, 5.41) is 9.74. The number of ether oxygens (including phenoxy) is 2. The molecule has 2 unspecified atom stereocenters. The Kier molecular flexibility index (Phi) is 3.69. The first-order valence-corrected chi connectivity index (χ1v) is 6.19. The predicted octanol–water partition coefficient (Wildman–Crippen LogP) is 2.47. The van der Waals surface area contributed by atoms with Crippen LogP contribution in [0.25, 0.3) is 0 Å². The van der Waals surface area contributed by atoms with Crippen molar-refractivity contribution in [3.05, 3.63) is 29.8 Å². The van der Waals surface area contributed by atoms with Crippen LogP contribution in [-0.2, 0) is 10.3 Å². The summed E-state index contributed by atoms with van der Waals surface area (Å²) in [6.07, 6.45) is 1.12. The highest BCUT2D eigenvalue weighted by molar-refractivity contribution is 5.31. The van der Waals surface area contributed by atoms with Gasteiger partial charge in [-0.05, 0) is 38.0 Å².